The molecule has 0 aromatic heterocycles. The molecule has 0 aromatic rings. The van der Waals surface area contributed by atoms with Crippen molar-refractivity contribution >= 4 is 10.4 Å². The van der Waals surface area contributed by atoms with Crippen LogP contribution in [-0.4, -0.2) is 32.7 Å². The van der Waals surface area contributed by atoms with Crippen LogP contribution in [0.5, 0.6) is 0 Å². The molecule has 1 heterocycles. The lowest BCUT2D eigenvalue weighted by Gasteiger charge is -2.39. The maximum atomic E-state index is 9.33. The van der Waals surface area contributed by atoms with Gasteiger partial charge in [-0.1, -0.05) is 27.2 Å². The topological polar surface area (TPSA) is 75.6 Å². The largest absolute Gasteiger partial charge is 0.397 e. The van der Waals surface area contributed by atoms with Crippen LogP contribution < -0.4 is 5.32 Å². The molecule has 18 heavy (non-hydrogen) atoms. The number of nitrogens with one attached hydrogen (secondary N) is 1. The van der Waals surface area contributed by atoms with Crippen molar-refractivity contribution in [3.8, 4) is 0 Å². The van der Waals surface area contributed by atoms with Crippen molar-refractivity contribution in [2.24, 2.45) is 5.41 Å². The molecule has 5 nitrogen and oxygen atoms in total. The van der Waals surface area contributed by atoms with E-state index in [-0.39, 0.29) is 0 Å². The van der Waals surface area contributed by atoms with E-state index in [4.69, 9.17) is 4.55 Å². The number of hydrogen-bond donors (Lipinski definition) is 2. The summed E-state index contributed by atoms with van der Waals surface area (Å²) in [5.74, 6) is 0. The summed E-state index contributed by atoms with van der Waals surface area (Å²) in [7, 11) is -3.29. The van der Waals surface area contributed by atoms with Gasteiger partial charge in [0.05, 0.1) is 7.11 Å². The predicted molar refractivity (Wildman–Crippen MR) is 72.9 cm³/mol. The zero-order valence-corrected chi connectivity index (χ0v) is 12.7. The average molecular weight is 281 g/mol. The molecule has 1 aliphatic heterocycles. The molecular formula is C12H27NO4S. The maximum absolute atomic E-state index is 9.33. The van der Waals surface area contributed by atoms with Crippen molar-refractivity contribution in [2.75, 3.05) is 13.7 Å². The van der Waals surface area contributed by atoms with Gasteiger partial charge in [-0.3, -0.25) is 8.74 Å². The minimum Gasteiger partial charge on any atom is -0.313 e. The molecule has 0 aromatic carbocycles. The second-order valence-electron chi connectivity index (χ2n) is 4.96. The van der Waals surface area contributed by atoms with Gasteiger partial charge in [0.2, 0.25) is 0 Å². The quantitative estimate of drug-likeness (QED) is 0.774. The monoisotopic (exact) mass is 281 g/mol. The average Bonchev–Trinajstić information content (AvgIpc) is 2.39. The van der Waals surface area contributed by atoms with Crippen molar-refractivity contribution in [3.05, 3.63) is 0 Å². The summed E-state index contributed by atoms with van der Waals surface area (Å²) in [5, 5.41) is 3.66. The van der Waals surface area contributed by atoms with Gasteiger partial charge in [-0.2, -0.15) is 8.42 Å². The second kappa shape index (κ2) is 8.09. The highest BCUT2D eigenvalue weighted by Crippen LogP contribution is 2.33. The molecule has 6 heteroatoms. The lowest BCUT2D eigenvalue weighted by molar-refractivity contribution is 0.167. The lowest BCUT2D eigenvalue weighted by Crippen LogP contribution is -2.45. The van der Waals surface area contributed by atoms with Crippen LogP contribution in [0.25, 0.3) is 0 Å². The van der Waals surface area contributed by atoms with Gasteiger partial charge in [0, 0.05) is 6.04 Å². The Bertz CT molecular complexity index is 306. The Morgan fingerprint density at radius 2 is 1.83 bits per heavy atom. The van der Waals surface area contributed by atoms with Crippen LogP contribution in [0.1, 0.15) is 52.9 Å². The fourth-order valence-electron chi connectivity index (χ4n) is 2.19. The van der Waals surface area contributed by atoms with Crippen LogP contribution in [0, 0.1) is 5.41 Å². The van der Waals surface area contributed by atoms with E-state index < -0.39 is 10.4 Å². The molecule has 1 atom stereocenters. The highest BCUT2D eigenvalue weighted by Gasteiger charge is 2.31. The smallest absolute Gasteiger partial charge is 0.313 e. The first-order chi connectivity index (χ1) is 8.29. The van der Waals surface area contributed by atoms with E-state index in [1.165, 1.54) is 38.6 Å². The molecule has 1 rings (SSSR count). The normalized spacial score (nSPS) is 21.1. The van der Waals surface area contributed by atoms with Crippen LogP contribution in [0.15, 0.2) is 0 Å². The van der Waals surface area contributed by atoms with Gasteiger partial charge in [0.1, 0.15) is 0 Å². The highest BCUT2D eigenvalue weighted by atomic mass is 32.3. The number of rotatable bonds is 4. The van der Waals surface area contributed by atoms with Gasteiger partial charge in [-0.15, -0.1) is 0 Å². The van der Waals surface area contributed by atoms with Crippen molar-refractivity contribution in [2.45, 2.75) is 58.9 Å². The third-order valence-corrected chi connectivity index (χ3v) is 4.40. The van der Waals surface area contributed by atoms with Gasteiger partial charge in [-0.25, -0.2) is 0 Å². The van der Waals surface area contributed by atoms with Gasteiger partial charge < -0.3 is 5.32 Å². The fraction of sp³-hybridized carbons (Fsp3) is 1.00. The summed E-state index contributed by atoms with van der Waals surface area (Å²) < 4.78 is 29.7. The van der Waals surface area contributed by atoms with E-state index in [1.54, 1.807) is 0 Å². The SMILES string of the molecule is CCC(C)(CC)C1CCCCN1.COS(=O)(=O)O. The van der Waals surface area contributed by atoms with E-state index in [0.717, 1.165) is 13.2 Å². The van der Waals surface area contributed by atoms with E-state index in [0.29, 0.717) is 5.41 Å². The van der Waals surface area contributed by atoms with Crippen molar-refractivity contribution < 1.29 is 17.2 Å². The first kappa shape index (κ1) is 17.8. The van der Waals surface area contributed by atoms with Crippen LogP contribution in [0.4, 0.5) is 0 Å². The van der Waals surface area contributed by atoms with E-state index in [1.807, 2.05) is 0 Å². The predicted octanol–water partition coefficient (Wildman–Crippen LogP) is 2.39. The molecule has 0 bridgehead atoms. The Labute approximate surface area is 111 Å². The standard InChI is InChI=1S/C11H23N.CH4O4S/c1-4-11(3,5-2)10-8-6-7-9-12-10;1-5-6(2,3)4/h10,12H,4-9H2,1-3H3;1H3,(H,2,3,4). The molecule has 1 saturated heterocycles. The zero-order chi connectivity index (χ0) is 14.2. The summed E-state index contributed by atoms with van der Waals surface area (Å²) in [6, 6.07) is 0.779. The van der Waals surface area contributed by atoms with Crippen LogP contribution in [-0.2, 0) is 14.6 Å². The molecule has 0 radical (unpaired) electrons. The molecule has 1 aliphatic rings. The molecule has 2 N–H and O–H groups in total. The second-order valence-corrected chi connectivity index (χ2v) is 6.15. The molecule has 0 amide bonds. The summed E-state index contributed by atoms with van der Waals surface area (Å²) >= 11 is 0. The molecule has 0 saturated carbocycles. The third-order valence-electron chi connectivity index (χ3n) is 3.98. The first-order valence-electron chi connectivity index (χ1n) is 6.55. The summed E-state index contributed by atoms with van der Waals surface area (Å²) in [5.41, 5.74) is 0.542. The molecule has 1 unspecified atom stereocenters. The van der Waals surface area contributed by atoms with Crippen LogP contribution in [0.3, 0.4) is 0 Å². The minimum atomic E-state index is -4.16. The van der Waals surface area contributed by atoms with Crippen LogP contribution >= 0.6 is 0 Å². The van der Waals surface area contributed by atoms with E-state index >= 15 is 0 Å². The maximum Gasteiger partial charge on any atom is 0.397 e. The van der Waals surface area contributed by atoms with Crippen molar-refractivity contribution in [1.29, 1.82) is 0 Å². The summed E-state index contributed by atoms with van der Waals surface area (Å²) in [4.78, 5) is 0. The fourth-order valence-corrected chi connectivity index (χ4v) is 2.19. The summed E-state index contributed by atoms with van der Waals surface area (Å²) in [6.07, 6.45) is 6.80. The third kappa shape index (κ3) is 6.68. The molecule has 0 spiro atoms. The first-order valence-corrected chi connectivity index (χ1v) is 7.92. The van der Waals surface area contributed by atoms with E-state index in [2.05, 4.69) is 30.3 Å². The van der Waals surface area contributed by atoms with E-state index in [9.17, 15) is 8.42 Å². The summed E-state index contributed by atoms with van der Waals surface area (Å²) in [6.45, 7) is 8.30. The Morgan fingerprint density at radius 3 is 2.11 bits per heavy atom. The van der Waals surface area contributed by atoms with Gasteiger partial charge in [0.15, 0.2) is 0 Å². The Morgan fingerprint density at radius 1 is 1.33 bits per heavy atom. The van der Waals surface area contributed by atoms with Gasteiger partial charge >= 0.3 is 10.4 Å². The minimum absolute atomic E-state index is 0.542. The number of piperidine rings is 1. The molecule has 0 aliphatic carbocycles. The Balaban J connectivity index is 0.000000411. The Hall–Kier alpha value is -0.170. The zero-order valence-electron chi connectivity index (χ0n) is 11.9. The molecular weight excluding hydrogens is 254 g/mol. The van der Waals surface area contributed by atoms with Gasteiger partial charge in [-0.05, 0) is 37.6 Å². The molecule has 1 fully saturated rings. The van der Waals surface area contributed by atoms with Gasteiger partial charge in [0.25, 0.3) is 0 Å². The highest BCUT2D eigenvalue weighted by molar-refractivity contribution is 7.80. The van der Waals surface area contributed by atoms with Crippen molar-refractivity contribution in [3.63, 3.8) is 0 Å². The van der Waals surface area contributed by atoms with Crippen LogP contribution in [0.2, 0.25) is 0 Å². The lowest BCUT2D eigenvalue weighted by atomic mass is 9.74. The Kier molecular flexibility index (Phi) is 8.02. The molecule has 110 valence electrons. The number of hydrogen-bond acceptors (Lipinski definition) is 4. The van der Waals surface area contributed by atoms with Crippen molar-refractivity contribution in [1.82, 2.24) is 5.32 Å².